The van der Waals surface area contributed by atoms with Gasteiger partial charge >= 0.3 is 42.3 Å². The highest BCUT2D eigenvalue weighted by Crippen LogP contribution is 2.58. The summed E-state index contributed by atoms with van der Waals surface area (Å²) in [7, 11) is -0.523. The number of methoxy groups -OCH3 is 1. The molecule has 164 valence electrons. The molecule has 0 spiro atoms. The van der Waals surface area contributed by atoms with Gasteiger partial charge in [-0.3, -0.25) is 0 Å². The summed E-state index contributed by atoms with van der Waals surface area (Å²) < 4.78 is 207. The first-order valence-electron chi connectivity index (χ1n) is 5.74. The van der Waals surface area contributed by atoms with Crippen LogP contribution >= 0.6 is 0 Å². The maximum atomic E-state index is 13.4. The van der Waals surface area contributed by atoms with Gasteiger partial charge in [0.05, 0.1) is 0 Å². The molecule has 0 aromatic heterocycles. The summed E-state index contributed by atoms with van der Waals surface area (Å²) in [5.41, 5.74) is 0. The third-order valence-electron chi connectivity index (χ3n) is 2.79. The minimum Gasteiger partial charge on any atom is -0.319 e. The largest absolute Gasteiger partial charge is 0.469 e. The van der Waals surface area contributed by atoms with Crippen LogP contribution in [0.4, 0.5) is 70.2 Å². The first kappa shape index (κ1) is 25.8. The molecule has 0 saturated heterocycles. The number of hydrogen-bond donors (Lipinski definition) is 0. The molecule has 18 heteroatoms. The van der Waals surface area contributed by atoms with Gasteiger partial charge < -0.3 is 4.74 Å². The molecule has 0 N–H and O–H groups in total. The Hall–Kier alpha value is -1.20. The van der Waals surface area contributed by atoms with E-state index >= 15 is 0 Å². The van der Waals surface area contributed by atoms with Gasteiger partial charge in [0, 0.05) is 7.11 Å². The molecule has 0 aliphatic heterocycles. The van der Waals surface area contributed by atoms with Gasteiger partial charge in [-0.15, -0.1) is 4.90 Å². The minimum absolute atomic E-state index is 0.523. The van der Waals surface area contributed by atoms with Crippen molar-refractivity contribution in [1.29, 1.82) is 0 Å². The topological polar surface area (TPSA) is 12.5 Å². The summed E-state index contributed by atoms with van der Waals surface area (Å²) in [4.78, 5) is -4.51. The second-order valence-electron chi connectivity index (χ2n) is 4.59. The lowest BCUT2D eigenvalue weighted by atomic mass is 10.1. The fourth-order valence-corrected chi connectivity index (χ4v) is 1.34. The van der Waals surface area contributed by atoms with Crippen molar-refractivity contribution in [3.05, 3.63) is 0 Å². The van der Waals surface area contributed by atoms with E-state index in [2.05, 4.69) is 4.74 Å². The summed E-state index contributed by atoms with van der Waals surface area (Å²) in [6.45, 7) is -3.91. The number of hydrogen-bond acceptors (Lipinski definition) is 2. The van der Waals surface area contributed by atoms with Crippen LogP contribution < -0.4 is 0 Å². The van der Waals surface area contributed by atoms with Crippen molar-refractivity contribution in [2.45, 2.75) is 42.3 Å². The minimum atomic E-state index is -8.06. The van der Waals surface area contributed by atoms with Crippen LogP contribution in [-0.4, -0.2) is 61.0 Å². The second kappa shape index (κ2) is 6.70. The highest BCUT2D eigenvalue weighted by atomic mass is 19.4. The van der Waals surface area contributed by atoms with Gasteiger partial charge in [-0.25, -0.2) is 4.39 Å². The molecule has 0 atom stereocenters. The molecule has 0 aliphatic rings. The maximum absolute atomic E-state index is 13.4. The van der Waals surface area contributed by atoms with Crippen molar-refractivity contribution >= 4 is 0 Å². The van der Waals surface area contributed by atoms with Crippen molar-refractivity contribution in [2.24, 2.45) is 0 Å². The highest BCUT2D eigenvalue weighted by Gasteiger charge is 2.87. The van der Waals surface area contributed by atoms with Gasteiger partial charge in [-0.2, -0.15) is 65.9 Å². The van der Waals surface area contributed by atoms with Crippen LogP contribution in [0, 0.1) is 0 Å². The van der Waals surface area contributed by atoms with Crippen LogP contribution in [0.25, 0.3) is 0 Å². The Kier molecular flexibility index (Phi) is 6.40. The van der Waals surface area contributed by atoms with E-state index in [-0.39, 0.29) is 0 Å². The Morgan fingerprint density at radius 1 is 0.630 bits per heavy atom. The molecule has 0 aliphatic carbocycles. The van der Waals surface area contributed by atoms with Crippen molar-refractivity contribution < 1.29 is 75.0 Å². The number of halogens is 16. The lowest BCUT2D eigenvalue weighted by Gasteiger charge is -2.46. The molecular weight excluding hydrogens is 442 g/mol. The van der Waals surface area contributed by atoms with E-state index in [9.17, 15) is 70.2 Å². The molecule has 27 heavy (non-hydrogen) atoms. The molecule has 0 amide bonds. The second-order valence-corrected chi connectivity index (χ2v) is 4.59. The van der Waals surface area contributed by atoms with Crippen molar-refractivity contribution in [1.82, 2.24) is 4.90 Å². The molecule has 0 aromatic rings. The van der Waals surface area contributed by atoms with Crippen LogP contribution in [0.1, 0.15) is 0 Å². The first-order chi connectivity index (χ1) is 11.5. The molecule has 0 bridgehead atoms. The summed E-state index contributed by atoms with van der Waals surface area (Å²) in [5.74, 6) is -14.5. The van der Waals surface area contributed by atoms with E-state index in [0.717, 1.165) is 0 Å². The number of rotatable bonds is 8. The van der Waals surface area contributed by atoms with E-state index in [1.54, 1.807) is 0 Å². The summed E-state index contributed by atoms with van der Waals surface area (Å²) in [6.07, 6.45) is -14.4. The van der Waals surface area contributed by atoms with Crippen molar-refractivity contribution in [3.8, 4) is 0 Å². The van der Waals surface area contributed by atoms with Gasteiger partial charge in [0.1, 0.15) is 0 Å². The fraction of sp³-hybridized carbons (Fsp3) is 1.00. The van der Waals surface area contributed by atoms with Crippen LogP contribution in [0.5, 0.6) is 0 Å². The molecule has 0 unspecified atom stereocenters. The van der Waals surface area contributed by atoms with E-state index in [4.69, 9.17) is 0 Å². The molecular formula is C9H5F16NO. The molecule has 2 nitrogen and oxygen atoms in total. The van der Waals surface area contributed by atoms with E-state index in [0.29, 0.717) is 0 Å². The number of nitrogens with zero attached hydrogens (tertiary/aromatic N) is 1. The van der Waals surface area contributed by atoms with Crippen molar-refractivity contribution in [3.63, 3.8) is 0 Å². The number of alkyl halides is 16. The molecule has 0 saturated carbocycles. The van der Waals surface area contributed by atoms with Crippen LogP contribution in [0.15, 0.2) is 0 Å². The average molecular weight is 447 g/mol. The number of ether oxygens (including phenoxy) is 1. The summed E-state index contributed by atoms with van der Waals surface area (Å²) in [5, 5.41) is 0. The van der Waals surface area contributed by atoms with Gasteiger partial charge in [-0.1, -0.05) is 0 Å². The van der Waals surface area contributed by atoms with Crippen LogP contribution in [0.3, 0.4) is 0 Å². The predicted octanol–water partition coefficient (Wildman–Crippen LogP) is 5.11. The fourth-order valence-electron chi connectivity index (χ4n) is 1.34. The van der Waals surface area contributed by atoms with E-state index < -0.39 is 61.0 Å². The molecule has 0 rings (SSSR count). The van der Waals surface area contributed by atoms with E-state index in [1.807, 2.05) is 0 Å². The molecule has 0 heterocycles. The smallest absolute Gasteiger partial charge is 0.319 e. The Balaban J connectivity index is 7.00. The SMILES string of the molecule is COC(F)(F)C(F)(F)C(F)(F)N(C(F)(F)C(F)(F)F)C(F)(F)C(F)(F)CF. The monoisotopic (exact) mass is 447 g/mol. The predicted molar refractivity (Wildman–Crippen MR) is 50.6 cm³/mol. The van der Waals surface area contributed by atoms with Gasteiger partial charge in [-0.05, 0) is 0 Å². The van der Waals surface area contributed by atoms with Gasteiger partial charge in [0.25, 0.3) is 0 Å². The highest BCUT2D eigenvalue weighted by molar-refractivity contribution is 5.02. The molecule has 0 aromatic carbocycles. The summed E-state index contributed by atoms with van der Waals surface area (Å²) >= 11 is 0. The average Bonchev–Trinajstić information content (AvgIpc) is 2.44. The lowest BCUT2D eigenvalue weighted by molar-refractivity contribution is -0.509. The standard InChI is InChI=1S/C9H5F16NO/c1-27-9(24,25)4(13,14)7(20,21)26(8(22,23)5(15,16)17)6(18,19)3(11,12)2-10/h2H2,1H3. The Morgan fingerprint density at radius 2 is 1.00 bits per heavy atom. The normalized spacial score (nSPS) is 16.2. The first-order valence-corrected chi connectivity index (χ1v) is 5.74. The summed E-state index contributed by atoms with van der Waals surface area (Å²) in [6, 6.07) is -23.8. The zero-order chi connectivity index (χ0) is 22.5. The zero-order valence-electron chi connectivity index (χ0n) is 12.1. The van der Waals surface area contributed by atoms with Crippen LogP contribution in [0.2, 0.25) is 0 Å². The van der Waals surface area contributed by atoms with Crippen LogP contribution in [-0.2, 0) is 4.74 Å². The molecule has 0 radical (unpaired) electrons. The van der Waals surface area contributed by atoms with E-state index in [1.165, 1.54) is 0 Å². The van der Waals surface area contributed by atoms with Crippen molar-refractivity contribution in [2.75, 3.05) is 13.8 Å². The third-order valence-corrected chi connectivity index (χ3v) is 2.79. The Morgan fingerprint density at radius 3 is 1.26 bits per heavy atom. The third kappa shape index (κ3) is 3.73. The Labute approximate surface area is 137 Å². The Bertz CT molecular complexity index is 524. The van der Waals surface area contributed by atoms with Gasteiger partial charge in [0.2, 0.25) is 0 Å². The van der Waals surface area contributed by atoms with Gasteiger partial charge in [0.15, 0.2) is 6.67 Å². The zero-order valence-corrected chi connectivity index (χ0v) is 12.1. The lowest BCUT2D eigenvalue weighted by Crippen LogP contribution is -2.76. The maximum Gasteiger partial charge on any atom is 0.469 e. The molecule has 0 fully saturated rings. The quantitative estimate of drug-likeness (QED) is 0.379.